The first kappa shape index (κ1) is 26.5. The number of methoxy groups -OCH3 is 1. The summed E-state index contributed by atoms with van der Waals surface area (Å²) in [5, 5.41) is 6.62. The van der Waals surface area contributed by atoms with Crippen LogP contribution in [0.3, 0.4) is 0 Å². The van der Waals surface area contributed by atoms with Gasteiger partial charge in [-0.25, -0.2) is 9.59 Å². The molecule has 0 aliphatic carbocycles. The van der Waals surface area contributed by atoms with Crippen molar-refractivity contribution in [2.45, 2.75) is 19.8 Å². The number of nitrogens with zero attached hydrogens (tertiary/aromatic N) is 1. The van der Waals surface area contributed by atoms with Crippen molar-refractivity contribution in [3.8, 4) is 16.2 Å². The van der Waals surface area contributed by atoms with Crippen LogP contribution in [-0.2, 0) is 9.53 Å². The first-order valence-corrected chi connectivity index (χ1v) is 13.1. The van der Waals surface area contributed by atoms with Gasteiger partial charge in [0.15, 0.2) is 10.6 Å². The zero-order valence-corrected chi connectivity index (χ0v) is 22.2. The number of nitrogens with one attached hydrogen (secondary N) is 2. The Morgan fingerprint density at radius 1 is 1.05 bits per heavy atom. The molecular formula is C27H28ClN3O5S. The van der Waals surface area contributed by atoms with E-state index in [1.807, 2.05) is 59.5 Å². The van der Waals surface area contributed by atoms with Gasteiger partial charge in [-0.15, -0.1) is 11.3 Å². The van der Waals surface area contributed by atoms with E-state index >= 15 is 0 Å². The number of para-hydroxylation sites is 1. The molecule has 3 aromatic rings. The number of esters is 2. The summed E-state index contributed by atoms with van der Waals surface area (Å²) in [4.78, 5) is 38.9. The van der Waals surface area contributed by atoms with Crippen LogP contribution in [0.15, 0.2) is 54.6 Å². The fourth-order valence-electron chi connectivity index (χ4n) is 4.14. The minimum atomic E-state index is -0.618. The molecule has 1 saturated heterocycles. The minimum Gasteiger partial charge on any atom is -0.465 e. The molecule has 8 nitrogen and oxygen atoms in total. The summed E-state index contributed by atoms with van der Waals surface area (Å²) in [5.41, 5.74) is 2.48. The number of amides is 2. The minimum absolute atomic E-state index is 0.0161. The number of anilines is 2. The summed E-state index contributed by atoms with van der Waals surface area (Å²) in [6, 6.07) is 17.1. The number of hydrogen-bond donors (Lipinski definition) is 2. The van der Waals surface area contributed by atoms with E-state index in [9.17, 15) is 14.4 Å². The zero-order valence-electron chi connectivity index (χ0n) is 20.6. The van der Waals surface area contributed by atoms with Crippen LogP contribution >= 0.6 is 22.9 Å². The Hall–Kier alpha value is -3.56. The van der Waals surface area contributed by atoms with Crippen LogP contribution in [0.2, 0.25) is 5.02 Å². The number of piperidine rings is 1. The summed E-state index contributed by atoms with van der Waals surface area (Å²) in [6.45, 7) is 3.41. The molecule has 0 saturated carbocycles. The summed E-state index contributed by atoms with van der Waals surface area (Å²) in [6.07, 6.45) is 1.81. The Kier molecular flexibility index (Phi) is 8.68. The Morgan fingerprint density at radius 2 is 1.76 bits per heavy atom. The molecule has 1 aliphatic rings. The lowest BCUT2D eigenvalue weighted by atomic mass is 9.97. The van der Waals surface area contributed by atoms with Gasteiger partial charge < -0.3 is 25.0 Å². The Bertz CT molecular complexity index is 1270. The molecule has 2 amide bonds. The number of rotatable bonds is 7. The Balaban J connectivity index is 1.37. The molecule has 2 heterocycles. The SMILES string of the molecule is COC(=O)c1sc(-c2cccc(NCC3CCN(C(=O)Nc4ccccc4)CC3)c2)c(Cl)c1OC(C)=O. The van der Waals surface area contributed by atoms with Crippen LogP contribution in [0.5, 0.6) is 5.75 Å². The van der Waals surface area contributed by atoms with Gasteiger partial charge in [0.2, 0.25) is 0 Å². The maximum atomic E-state index is 12.5. The summed E-state index contributed by atoms with van der Waals surface area (Å²) >= 11 is 7.64. The molecule has 0 spiro atoms. The molecule has 0 bridgehead atoms. The van der Waals surface area contributed by atoms with Crippen molar-refractivity contribution >= 4 is 52.3 Å². The van der Waals surface area contributed by atoms with Crippen molar-refractivity contribution in [3.63, 3.8) is 0 Å². The molecule has 0 radical (unpaired) electrons. The normalized spacial score (nSPS) is 13.6. The third-order valence-corrected chi connectivity index (χ3v) is 7.74. The molecule has 1 aromatic heterocycles. The van der Waals surface area contributed by atoms with Crippen molar-refractivity contribution in [1.29, 1.82) is 0 Å². The molecule has 0 unspecified atom stereocenters. The van der Waals surface area contributed by atoms with Gasteiger partial charge in [0, 0.05) is 37.9 Å². The molecule has 4 rings (SSSR count). The number of likely N-dealkylation sites (tertiary alicyclic amines) is 1. The maximum absolute atomic E-state index is 12.5. The third-order valence-electron chi connectivity index (χ3n) is 6.07. The number of halogens is 1. The number of benzene rings is 2. The average molecular weight is 542 g/mol. The Morgan fingerprint density at radius 3 is 2.43 bits per heavy atom. The predicted molar refractivity (Wildman–Crippen MR) is 146 cm³/mol. The monoisotopic (exact) mass is 541 g/mol. The van der Waals surface area contributed by atoms with Gasteiger partial charge in [0.05, 0.1) is 12.0 Å². The van der Waals surface area contributed by atoms with Gasteiger partial charge in [0.1, 0.15) is 5.02 Å². The lowest BCUT2D eigenvalue weighted by molar-refractivity contribution is -0.131. The predicted octanol–water partition coefficient (Wildman–Crippen LogP) is 6.14. The van der Waals surface area contributed by atoms with Crippen LogP contribution in [0, 0.1) is 5.92 Å². The van der Waals surface area contributed by atoms with Crippen molar-refractivity contribution in [1.82, 2.24) is 4.90 Å². The molecule has 1 aliphatic heterocycles. The molecule has 0 atom stereocenters. The topological polar surface area (TPSA) is 97.0 Å². The van der Waals surface area contributed by atoms with Gasteiger partial charge >= 0.3 is 18.0 Å². The number of ether oxygens (including phenoxy) is 2. The highest BCUT2D eigenvalue weighted by atomic mass is 35.5. The average Bonchev–Trinajstić information content (AvgIpc) is 3.23. The van der Waals surface area contributed by atoms with Crippen LogP contribution < -0.4 is 15.4 Å². The smallest absolute Gasteiger partial charge is 0.351 e. The quantitative estimate of drug-likeness (QED) is 0.349. The van der Waals surface area contributed by atoms with Gasteiger partial charge in [-0.05, 0) is 48.6 Å². The summed E-state index contributed by atoms with van der Waals surface area (Å²) in [7, 11) is 1.26. The standard InChI is InChI=1S/C27H28ClN3O5S/c1-17(32)36-23-22(28)24(37-25(23)26(33)35-2)19-7-6-10-21(15-19)29-16-18-11-13-31(14-12-18)27(34)30-20-8-4-3-5-9-20/h3-10,15,18,29H,11-14,16H2,1-2H3,(H,30,34). The lowest BCUT2D eigenvalue weighted by Gasteiger charge is -2.32. The largest absolute Gasteiger partial charge is 0.465 e. The number of urea groups is 1. The fourth-order valence-corrected chi connectivity index (χ4v) is 5.59. The van der Waals surface area contributed by atoms with Crippen molar-refractivity contribution < 1.29 is 23.9 Å². The number of carbonyl (C=O) groups excluding carboxylic acids is 3. The van der Waals surface area contributed by atoms with E-state index in [2.05, 4.69) is 10.6 Å². The van der Waals surface area contributed by atoms with E-state index in [0.29, 0.717) is 23.9 Å². The fraction of sp³-hybridized carbons (Fsp3) is 0.296. The second-order valence-corrected chi connectivity index (χ2v) is 10.1. The molecule has 37 heavy (non-hydrogen) atoms. The van der Waals surface area contributed by atoms with Crippen LogP contribution in [0.25, 0.3) is 10.4 Å². The van der Waals surface area contributed by atoms with E-state index in [-0.39, 0.29) is 21.7 Å². The highest BCUT2D eigenvalue weighted by Gasteiger charge is 2.26. The van der Waals surface area contributed by atoms with Gasteiger partial charge in [0.25, 0.3) is 0 Å². The van der Waals surface area contributed by atoms with E-state index in [1.54, 1.807) is 0 Å². The number of thiophene rings is 1. The second kappa shape index (κ2) is 12.1. The highest BCUT2D eigenvalue weighted by molar-refractivity contribution is 7.18. The molecular weight excluding hydrogens is 514 g/mol. The van der Waals surface area contributed by atoms with Gasteiger partial charge in [-0.3, -0.25) is 4.79 Å². The first-order chi connectivity index (χ1) is 17.9. The molecule has 2 aromatic carbocycles. The van der Waals surface area contributed by atoms with Crippen LogP contribution in [-0.4, -0.2) is 49.6 Å². The number of carbonyl (C=O) groups is 3. The van der Waals surface area contributed by atoms with Crippen molar-refractivity contribution in [2.24, 2.45) is 5.92 Å². The van der Waals surface area contributed by atoms with Gasteiger partial charge in [-0.2, -0.15) is 0 Å². The van der Waals surface area contributed by atoms with E-state index in [1.165, 1.54) is 14.0 Å². The lowest BCUT2D eigenvalue weighted by Crippen LogP contribution is -2.42. The molecule has 10 heteroatoms. The van der Waals surface area contributed by atoms with E-state index in [0.717, 1.165) is 47.7 Å². The van der Waals surface area contributed by atoms with Crippen LogP contribution in [0.1, 0.15) is 29.4 Å². The van der Waals surface area contributed by atoms with Crippen molar-refractivity contribution in [3.05, 3.63) is 64.5 Å². The van der Waals surface area contributed by atoms with Crippen molar-refractivity contribution in [2.75, 3.05) is 37.4 Å². The second-order valence-electron chi connectivity index (χ2n) is 8.68. The number of hydrogen-bond acceptors (Lipinski definition) is 7. The molecule has 2 N–H and O–H groups in total. The maximum Gasteiger partial charge on any atom is 0.351 e. The van der Waals surface area contributed by atoms with Crippen LogP contribution in [0.4, 0.5) is 16.2 Å². The van der Waals surface area contributed by atoms with E-state index < -0.39 is 11.9 Å². The third kappa shape index (κ3) is 6.61. The zero-order chi connectivity index (χ0) is 26.4. The first-order valence-electron chi connectivity index (χ1n) is 11.9. The summed E-state index contributed by atoms with van der Waals surface area (Å²) < 4.78 is 10.0. The Labute approximate surface area is 224 Å². The molecule has 194 valence electrons. The van der Waals surface area contributed by atoms with Gasteiger partial charge in [-0.1, -0.05) is 41.9 Å². The van der Waals surface area contributed by atoms with E-state index in [4.69, 9.17) is 21.1 Å². The molecule has 1 fully saturated rings. The highest BCUT2D eigenvalue weighted by Crippen LogP contribution is 2.46. The summed E-state index contributed by atoms with van der Waals surface area (Å²) in [5.74, 6) is -0.749.